The summed E-state index contributed by atoms with van der Waals surface area (Å²) in [5.41, 5.74) is 9.08. The van der Waals surface area contributed by atoms with Crippen molar-refractivity contribution < 1.29 is 14.4 Å². The number of hydrogen-bond donors (Lipinski definition) is 2. The van der Waals surface area contributed by atoms with Crippen LogP contribution in [0.2, 0.25) is 0 Å². The Morgan fingerprint density at radius 3 is 2.34 bits per heavy atom. The van der Waals surface area contributed by atoms with Gasteiger partial charge in [-0.05, 0) is 43.6 Å². The molecule has 1 heterocycles. The molecule has 1 aliphatic heterocycles. The summed E-state index contributed by atoms with van der Waals surface area (Å²) < 4.78 is 0. The van der Waals surface area contributed by atoms with Gasteiger partial charge < -0.3 is 16.0 Å². The van der Waals surface area contributed by atoms with E-state index in [0.29, 0.717) is 31.0 Å². The third kappa shape index (κ3) is 7.63. The van der Waals surface area contributed by atoms with E-state index in [9.17, 15) is 14.4 Å². The number of primary amides is 1. The van der Waals surface area contributed by atoms with Crippen LogP contribution < -0.4 is 16.0 Å². The molecule has 3 unspecified atom stereocenters. The van der Waals surface area contributed by atoms with Crippen molar-refractivity contribution in [1.82, 2.24) is 5.32 Å². The minimum atomic E-state index is -1.11. The number of aliphatic imine (C=N–C) groups is 1. The molecule has 0 saturated heterocycles. The summed E-state index contributed by atoms with van der Waals surface area (Å²) >= 11 is 0. The number of fused-ring (bicyclic) bond motifs is 1. The highest BCUT2D eigenvalue weighted by molar-refractivity contribution is 6.20. The van der Waals surface area contributed by atoms with Crippen molar-refractivity contribution in [3.63, 3.8) is 0 Å². The van der Waals surface area contributed by atoms with Crippen molar-refractivity contribution in [1.29, 1.82) is 0 Å². The van der Waals surface area contributed by atoms with Crippen LogP contribution in [0.5, 0.6) is 0 Å². The summed E-state index contributed by atoms with van der Waals surface area (Å²) in [7, 11) is 0. The van der Waals surface area contributed by atoms with E-state index >= 15 is 0 Å². The monoisotopic (exact) mass is 558 g/mol. The number of hydrogen-bond acceptors (Lipinski definition) is 4. The first kappa shape index (κ1) is 30.5. The normalized spacial score (nSPS) is 19.2. The van der Waals surface area contributed by atoms with Gasteiger partial charge in [0.05, 0.1) is 11.4 Å². The Balaban J connectivity index is 1.74. The Bertz CT molecular complexity index is 1220. The predicted octanol–water partition coefficient (Wildman–Crippen LogP) is 5.85. The lowest BCUT2D eigenvalue weighted by Crippen LogP contribution is -2.51. The lowest BCUT2D eigenvalue weighted by molar-refractivity contribution is -0.136. The Kier molecular flexibility index (Phi) is 10.7. The number of benzene rings is 2. The Morgan fingerprint density at radius 1 is 1.00 bits per heavy atom. The number of carbonyl (C=O) groups is 3. The molecule has 4 rings (SSSR count). The summed E-state index contributed by atoms with van der Waals surface area (Å²) in [6.07, 6.45) is 7.40. The average molecular weight is 559 g/mol. The van der Waals surface area contributed by atoms with Crippen molar-refractivity contribution in [2.45, 2.75) is 84.7 Å². The third-order valence-electron chi connectivity index (χ3n) is 8.48. The molecule has 3 atom stereocenters. The van der Waals surface area contributed by atoms with E-state index in [1.54, 1.807) is 0 Å². The van der Waals surface area contributed by atoms with Crippen LogP contribution in [0.3, 0.4) is 0 Å². The molecule has 2 aromatic carbocycles. The molecule has 2 aliphatic rings. The maximum atomic E-state index is 14.3. The lowest BCUT2D eigenvalue weighted by Gasteiger charge is -2.32. The zero-order valence-electron chi connectivity index (χ0n) is 24.9. The fourth-order valence-electron chi connectivity index (χ4n) is 6.34. The summed E-state index contributed by atoms with van der Waals surface area (Å²) in [5, 5.41) is 3.00. The Labute approximate surface area is 245 Å². The minimum absolute atomic E-state index is 0.175. The maximum Gasteiger partial charge on any atom is 0.272 e. The second-order valence-electron chi connectivity index (χ2n) is 12.1. The molecule has 1 fully saturated rings. The summed E-state index contributed by atoms with van der Waals surface area (Å²) in [6.45, 7) is 6.71. The standard InChI is InChI=1S/C34H46N4O3/c1-4-5-18-26(31(35)39)28(21-23(2)3)33(40)37-32-34(41)38(22-24-14-8-6-9-15-24)29-20-13-12-19-27(29)30(36-32)25-16-10-7-11-17-25/h7,10-13,16-17,19-20,23-24,26,28,32H,4-6,8-9,14-15,18,21-22H2,1-3H3,(H2,35,39)(H,37,40). The number of benzodiazepines with no additional fused rings is 1. The van der Waals surface area contributed by atoms with Crippen molar-refractivity contribution in [2.75, 3.05) is 11.4 Å². The summed E-state index contributed by atoms with van der Waals surface area (Å²) in [5.74, 6) is -1.68. The molecule has 1 saturated carbocycles. The van der Waals surface area contributed by atoms with Crippen LogP contribution in [0.25, 0.3) is 0 Å². The second-order valence-corrected chi connectivity index (χ2v) is 12.1. The van der Waals surface area contributed by atoms with E-state index < -0.39 is 23.9 Å². The van der Waals surface area contributed by atoms with Crippen molar-refractivity contribution in [3.8, 4) is 0 Å². The highest BCUT2D eigenvalue weighted by Gasteiger charge is 2.38. The first-order valence-corrected chi connectivity index (χ1v) is 15.4. The summed E-state index contributed by atoms with van der Waals surface area (Å²) in [6, 6.07) is 17.7. The van der Waals surface area contributed by atoms with Crippen LogP contribution >= 0.6 is 0 Å². The van der Waals surface area contributed by atoms with E-state index in [1.807, 2.05) is 73.3 Å². The van der Waals surface area contributed by atoms with Crippen LogP contribution in [0.4, 0.5) is 5.69 Å². The number of amides is 3. The number of rotatable bonds is 12. The van der Waals surface area contributed by atoms with Crippen molar-refractivity contribution in [3.05, 3.63) is 65.7 Å². The zero-order chi connectivity index (χ0) is 29.4. The molecule has 7 nitrogen and oxygen atoms in total. The fourth-order valence-corrected chi connectivity index (χ4v) is 6.34. The number of nitrogens with zero attached hydrogens (tertiary/aromatic N) is 2. The van der Waals surface area contributed by atoms with Gasteiger partial charge >= 0.3 is 0 Å². The van der Waals surface area contributed by atoms with Gasteiger partial charge in [-0.2, -0.15) is 0 Å². The van der Waals surface area contributed by atoms with Crippen molar-refractivity contribution >= 4 is 29.1 Å². The van der Waals surface area contributed by atoms with Gasteiger partial charge in [0.15, 0.2) is 0 Å². The van der Waals surface area contributed by atoms with E-state index in [2.05, 4.69) is 12.2 Å². The molecule has 220 valence electrons. The predicted molar refractivity (Wildman–Crippen MR) is 165 cm³/mol. The molecule has 0 spiro atoms. The SMILES string of the molecule is CCCCC(C(N)=O)C(CC(C)C)C(=O)NC1N=C(c2ccccc2)c2ccccc2N(CC2CCCCC2)C1=O. The largest absolute Gasteiger partial charge is 0.369 e. The highest BCUT2D eigenvalue weighted by atomic mass is 16.2. The fraction of sp³-hybridized carbons (Fsp3) is 0.529. The van der Waals surface area contributed by atoms with Gasteiger partial charge in [-0.3, -0.25) is 14.4 Å². The first-order valence-electron chi connectivity index (χ1n) is 15.4. The molecule has 0 aromatic heterocycles. The van der Waals surface area contributed by atoms with Gasteiger partial charge in [-0.15, -0.1) is 0 Å². The van der Waals surface area contributed by atoms with Crippen LogP contribution in [-0.2, 0) is 14.4 Å². The minimum Gasteiger partial charge on any atom is -0.369 e. The smallest absolute Gasteiger partial charge is 0.272 e. The molecule has 2 aromatic rings. The van der Waals surface area contributed by atoms with Crippen LogP contribution in [0, 0.1) is 23.7 Å². The van der Waals surface area contributed by atoms with Gasteiger partial charge in [0, 0.05) is 29.5 Å². The van der Waals surface area contributed by atoms with Crippen LogP contribution in [0.15, 0.2) is 59.6 Å². The number of unbranched alkanes of at least 4 members (excludes halogenated alkanes) is 1. The molecule has 3 amide bonds. The summed E-state index contributed by atoms with van der Waals surface area (Å²) in [4.78, 5) is 47.6. The topological polar surface area (TPSA) is 105 Å². The van der Waals surface area contributed by atoms with Crippen LogP contribution in [-0.4, -0.2) is 36.1 Å². The number of anilines is 1. The van der Waals surface area contributed by atoms with Gasteiger partial charge in [-0.1, -0.05) is 101 Å². The average Bonchev–Trinajstić information content (AvgIpc) is 3.08. The molecule has 0 bridgehead atoms. The quantitative estimate of drug-likeness (QED) is 0.342. The van der Waals surface area contributed by atoms with E-state index in [-0.39, 0.29) is 17.7 Å². The van der Waals surface area contributed by atoms with Gasteiger partial charge in [-0.25, -0.2) is 4.99 Å². The highest BCUT2D eigenvalue weighted by Crippen LogP contribution is 2.33. The van der Waals surface area contributed by atoms with Crippen LogP contribution in [0.1, 0.15) is 89.7 Å². The van der Waals surface area contributed by atoms with E-state index in [1.165, 1.54) is 19.3 Å². The van der Waals surface area contributed by atoms with E-state index in [0.717, 1.165) is 42.5 Å². The number of nitrogens with one attached hydrogen (secondary N) is 1. The number of nitrogens with two attached hydrogens (primary N) is 1. The molecule has 1 aliphatic carbocycles. The number of carbonyl (C=O) groups excluding carboxylic acids is 3. The molecule has 7 heteroatoms. The third-order valence-corrected chi connectivity index (χ3v) is 8.48. The second kappa shape index (κ2) is 14.4. The van der Waals surface area contributed by atoms with Gasteiger partial charge in [0.2, 0.25) is 18.0 Å². The lowest BCUT2D eigenvalue weighted by atomic mass is 9.81. The molecule has 41 heavy (non-hydrogen) atoms. The Morgan fingerprint density at radius 2 is 1.68 bits per heavy atom. The molecule has 0 radical (unpaired) electrons. The molecular formula is C34H46N4O3. The number of para-hydroxylation sites is 1. The van der Waals surface area contributed by atoms with Gasteiger partial charge in [0.25, 0.3) is 5.91 Å². The van der Waals surface area contributed by atoms with Gasteiger partial charge in [0.1, 0.15) is 0 Å². The van der Waals surface area contributed by atoms with Crippen molar-refractivity contribution in [2.24, 2.45) is 34.4 Å². The zero-order valence-corrected chi connectivity index (χ0v) is 24.9. The first-order chi connectivity index (χ1) is 19.8. The Hall–Kier alpha value is -3.48. The van der Waals surface area contributed by atoms with E-state index in [4.69, 9.17) is 10.7 Å². The molecule has 3 N–H and O–H groups in total. The molecular weight excluding hydrogens is 512 g/mol. The maximum absolute atomic E-state index is 14.3.